The van der Waals surface area contributed by atoms with Gasteiger partial charge < -0.3 is 0 Å². The molecule has 0 saturated carbocycles. The third kappa shape index (κ3) is 8.87. The van der Waals surface area contributed by atoms with E-state index in [0.29, 0.717) is 0 Å². The highest BCUT2D eigenvalue weighted by Gasteiger charge is 2.75. The fourth-order valence-corrected chi connectivity index (χ4v) is 1.25. The molecular weight excluding hydrogens is 690 g/mol. The highest BCUT2D eigenvalue weighted by Crippen LogP contribution is 2.49. The van der Waals surface area contributed by atoms with Gasteiger partial charge >= 0.3 is 73.2 Å². The largest absolute Gasteiger partial charge is 0.483 e. The second-order valence-electron chi connectivity index (χ2n) is 6.28. The van der Waals surface area contributed by atoms with E-state index in [2.05, 4.69) is 9.78 Å². The van der Waals surface area contributed by atoms with E-state index in [1.54, 1.807) is 9.47 Å². The van der Waals surface area contributed by atoms with Crippen molar-refractivity contribution in [3.05, 3.63) is 0 Å². The second kappa shape index (κ2) is 11.1. The minimum Gasteiger partial charge on any atom is -0.241 e. The van der Waals surface area contributed by atoms with E-state index in [9.17, 15) is 106 Å². The lowest BCUT2D eigenvalue weighted by Gasteiger charge is -2.31. The van der Waals surface area contributed by atoms with Crippen LogP contribution in [0.1, 0.15) is 0 Å². The van der Waals surface area contributed by atoms with Gasteiger partial charge in [0, 0.05) is 0 Å². The molecule has 0 fully saturated rings. The van der Waals surface area contributed by atoms with Crippen molar-refractivity contribution in [3.8, 4) is 0 Å². The Morgan fingerprint density at radius 1 is 0.310 bits per heavy atom. The van der Waals surface area contributed by atoms with Gasteiger partial charge in [-0.3, -0.25) is 0 Å². The number of hydrogen-bond donors (Lipinski definition) is 0. The van der Waals surface area contributed by atoms with E-state index in [-0.39, 0.29) is 0 Å². The van der Waals surface area contributed by atoms with Gasteiger partial charge in [-0.15, -0.1) is 0 Å². The fraction of sp³-hybridized carbons (Fsp3) is 0.833. The van der Waals surface area contributed by atoms with Gasteiger partial charge in [-0.05, 0) is 0 Å². The number of rotatable bonds is 12. The topological polar surface area (TPSA) is 89.5 Å². The van der Waals surface area contributed by atoms with Gasteiger partial charge in [-0.2, -0.15) is 96.6 Å². The number of halogens is 22. The van der Waals surface area contributed by atoms with E-state index < -0.39 is 73.2 Å². The lowest BCUT2D eigenvalue weighted by atomic mass is 10.5. The number of ether oxygens (including phenoxy) is 4. The molecule has 0 amide bonds. The summed E-state index contributed by atoms with van der Waals surface area (Å²) in [7, 11) is 0. The maximum atomic E-state index is 13.2. The van der Waals surface area contributed by atoms with Crippen LogP contribution in [-0.4, -0.2) is 73.2 Å². The van der Waals surface area contributed by atoms with Crippen molar-refractivity contribution < 1.29 is 135 Å². The van der Waals surface area contributed by atoms with Crippen LogP contribution >= 0.6 is 0 Å². The molecule has 0 aliphatic carbocycles. The van der Waals surface area contributed by atoms with Crippen LogP contribution in [0.3, 0.4) is 0 Å². The van der Waals surface area contributed by atoms with Crippen LogP contribution in [0.2, 0.25) is 0 Å². The molecule has 8 nitrogen and oxygen atoms in total. The Bertz CT molecular complexity index is 905. The molecule has 0 aromatic heterocycles. The highest BCUT2D eigenvalue weighted by molar-refractivity contribution is 5.79. The molecule has 42 heavy (non-hydrogen) atoms. The molecule has 0 rings (SSSR count). The molecule has 0 aromatic rings. The first kappa shape index (κ1) is 39.2. The van der Waals surface area contributed by atoms with Gasteiger partial charge in [0.1, 0.15) is 0 Å². The number of carbonyl (C=O) groups excluding carboxylic acids is 2. The third-order valence-electron chi connectivity index (χ3n) is 3.03. The van der Waals surface area contributed by atoms with Crippen molar-refractivity contribution in [2.45, 2.75) is 61.2 Å². The number of carbonyl (C=O) groups is 2. The maximum absolute atomic E-state index is 13.2. The molecule has 0 N–H and O–H groups in total. The van der Waals surface area contributed by atoms with E-state index in [1.807, 2.05) is 0 Å². The van der Waals surface area contributed by atoms with Crippen LogP contribution in [0.15, 0.2) is 0 Å². The summed E-state index contributed by atoms with van der Waals surface area (Å²) in [6, 6.07) is 0. The zero-order chi connectivity index (χ0) is 34.4. The first-order valence-corrected chi connectivity index (χ1v) is 8.27. The molecule has 0 saturated heterocycles. The summed E-state index contributed by atoms with van der Waals surface area (Å²) in [4.78, 5) is 25.9. The third-order valence-corrected chi connectivity index (χ3v) is 3.03. The SMILES string of the molecule is O=C(OOC(=O)C(F)(F)OC(F)(F)C(F)(F)OC(F)(F)C(F)(F)F)C(F)(F)OC(F)(F)C(F)(F)OC(F)(F)C(F)(F)F. The zero-order valence-corrected chi connectivity index (χ0v) is 17.6. The molecule has 0 unspecified atom stereocenters. The minimum atomic E-state index is -7.48. The van der Waals surface area contributed by atoms with Crippen molar-refractivity contribution in [2.75, 3.05) is 0 Å². The number of hydrogen-bond acceptors (Lipinski definition) is 8. The Morgan fingerprint density at radius 2 is 0.500 bits per heavy atom. The molecule has 0 spiro atoms. The Kier molecular flexibility index (Phi) is 10.3. The summed E-state index contributed by atoms with van der Waals surface area (Å²) in [5, 5.41) is 0. The van der Waals surface area contributed by atoms with Gasteiger partial charge in [0.25, 0.3) is 0 Å². The zero-order valence-electron chi connectivity index (χ0n) is 17.6. The molecule has 0 aliphatic rings. The Labute approximate surface area is 209 Å². The molecule has 0 atom stereocenters. The molecule has 0 aliphatic heterocycles. The standard InChI is InChI=1S/C12F22O8/c13-3(14,39-9(27,28)11(31,32)41-7(23,24)5(17,18)19)1(35)37-38-2(36)4(15,16)40-10(29,30)12(33,34)42-8(25,26)6(20,21)22. The monoisotopic (exact) mass is 690 g/mol. The lowest BCUT2D eigenvalue weighted by molar-refractivity contribution is -0.535. The highest BCUT2D eigenvalue weighted by atomic mass is 19.4. The van der Waals surface area contributed by atoms with Gasteiger partial charge in [0.05, 0.1) is 0 Å². The van der Waals surface area contributed by atoms with E-state index in [0.717, 1.165) is 0 Å². The van der Waals surface area contributed by atoms with Gasteiger partial charge in [0.15, 0.2) is 0 Å². The molecular formula is C12F22O8. The van der Waals surface area contributed by atoms with Crippen LogP contribution in [-0.2, 0) is 38.3 Å². The van der Waals surface area contributed by atoms with Crippen LogP contribution in [0.25, 0.3) is 0 Å². The Balaban J connectivity index is 5.62. The van der Waals surface area contributed by atoms with Gasteiger partial charge in [0.2, 0.25) is 0 Å². The molecule has 250 valence electrons. The minimum absolute atomic E-state index is 1.34. The molecule has 0 bridgehead atoms. The van der Waals surface area contributed by atoms with Crippen LogP contribution in [0, 0.1) is 0 Å². The first-order chi connectivity index (χ1) is 17.9. The molecule has 0 radical (unpaired) electrons. The summed E-state index contributed by atoms with van der Waals surface area (Å²) in [5.74, 6) is -8.62. The van der Waals surface area contributed by atoms with Crippen LogP contribution in [0.5, 0.6) is 0 Å². The van der Waals surface area contributed by atoms with E-state index >= 15 is 0 Å². The molecule has 0 heterocycles. The van der Waals surface area contributed by atoms with Crippen molar-refractivity contribution in [1.82, 2.24) is 0 Å². The fourth-order valence-electron chi connectivity index (χ4n) is 1.25. The maximum Gasteiger partial charge on any atom is 0.483 e. The average molecular weight is 690 g/mol. The summed E-state index contributed by atoms with van der Waals surface area (Å²) in [5.41, 5.74) is 0. The summed E-state index contributed by atoms with van der Waals surface area (Å²) < 4.78 is 282. The van der Waals surface area contributed by atoms with Crippen molar-refractivity contribution in [1.29, 1.82) is 0 Å². The van der Waals surface area contributed by atoms with E-state index in [1.165, 1.54) is 9.47 Å². The van der Waals surface area contributed by atoms with Crippen molar-refractivity contribution >= 4 is 11.9 Å². The number of alkyl halides is 22. The Morgan fingerprint density at radius 3 is 0.690 bits per heavy atom. The molecule has 0 aromatic carbocycles. The first-order valence-electron chi connectivity index (χ1n) is 8.27. The summed E-state index contributed by atoms with van der Waals surface area (Å²) in [6.07, 6.45) is -72.7. The van der Waals surface area contributed by atoms with Gasteiger partial charge in [-0.25, -0.2) is 38.3 Å². The van der Waals surface area contributed by atoms with Crippen LogP contribution < -0.4 is 0 Å². The lowest BCUT2D eigenvalue weighted by Crippen LogP contribution is -2.56. The quantitative estimate of drug-likeness (QED) is 0.142. The predicted octanol–water partition coefficient (Wildman–Crippen LogP) is 5.92. The van der Waals surface area contributed by atoms with Crippen LogP contribution in [0.4, 0.5) is 96.6 Å². The van der Waals surface area contributed by atoms with Crippen molar-refractivity contribution in [3.63, 3.8) is 0 Å². The smallest absolute Gasteiger partial charge is 0.241 e. The van der Waals surface area contributed by atoms with Crippen molar-refractivity contribution in [2.24, 2.45) is 0 Å². The summed E-state index contributed by atoms with van der Waals surface area (Å²) >= 11 is 0. The Hall–Kier alpha value is -2.76. The predicted molar refractivity (Wildman–Crippen MR) is 68.2 cm³/mol. The molecule has 30 heteroatoms. The van der Waals surface area contributed by atoms with E-state index in [4.69, 9.17) is 0 Å². The summed E-state index contributed by atoms with van der Waals surface area (Å²) in [6.45, 7) is 0. The average Bonchev–Trinajstić information content (AvgIpc) is 2.66. The normalized spacial score (nSPS) is 15.5. The van der Waals surface area contributed by atoms with Gasteiger partial charge in [-0.1, -0.05) is 0 Å². The second-order valence-corrected chi connectivity index (χ2v) is 6.28.